The van der Waals surface area contributed by atoms with E-state index in [0.29, 0.717) is 6.54 Å². The van der Waals surface area contributed by atoms with Gasteiger partial charge in [0, 0.05) is 24.3 Å². The van der Waals surface area contributed by atoms with Crippen LogP contribution in [0.3, 0.4) is 0 Å². The SMILES string of the molecule is CCC(N)Cc1ccc(N2CCS(=O)(=O)CC2C)cc1. The van der Waals surface area contributed by atoms with Crippen LogP contribution in [0.1, 0.15) is 25.8 Å². The van der Waals surface area contributed by atoms with Gasteiger partial charge < -0.3 is 10.6 Å². The summed E-state index contributed by atoms with van der Waals surface area (Å²) in [6.45, 7) is 4.64. The van der Waals surface area contributed by atoms with E-state index < -0.39 is 9.84 Å². The van der Waals surface area contributed by atoms with E-state index in [4.69, 9.17) is 5.73 Å². The lowest BCUT2D eigenvalue weighted by molar-refractivity contribution is 0.568. The average Bonchev–Trinajstić information content (AvgIpc) is 2.39. The standard InChI is InChI=1S/C15H24N2O2S/c1-3-14(16)10-13-4-6-15(7-5-13)17-8-9-20(18,19)11-12(17)2/h4-7,12,14H,3,8-11,16H2,1-2H3. The van der Waals surface area contributed by atoms with Crippen LogP contribution in [-0.2, 0) is 16.3 Å². The normalized spacial score (nSPS) is 23.6. The lowest BCUT2D eigenvalue weighted by atomic mass is 10.0. The Hall–Kier alpha value is -1.07. The zero-order valence-electron chi connectivity index (χ0n) is 12.2. The highest BCUT2D eigenvalue weighted by Gasteiger charge is 2.28. The largest absolute Gasteiger partial charge is 0.367 e. The number of nitrogens with two attached hydrogens (primary N) is 1. The van der Waals surface area contributed by atoms with Gasteiger partial charge in [-0.05, 0) is 37.5 Å². The Morgan fingerprint density at radius 2 is 2.00 bits per heavy atom. The fraction of sp³-hybridized carbons (Fsp3) is 0.600. The first-order chi connectivity index (χ1) is 9.41. The number of hydrogen-bond acceptors (Lipinski definition) is 4. The van der Waals surface area contributed by atoms with Crippen LogP contribution >= 0.6 is 0 Å². The van der Waals surface area contributed by atoms with E-state index in [1.165, 1.54) is 5.56 Å². The highest BCUT2D eigenvalue weighted by molar-refractivity contribution is 7.91. The molecule has 0 saturated carbocycles. The number of sulfone groups is 1. The molecular weight excluding hydrogens is 272 g/mol. The van der Waals surface area contributed by atoms with Gasteiger partial charge in [0.15, 0.2) is 9.84 Å². The molecule has 1 aromatic rings. The Labute approximate surface area is 121 Å². The third kappa shape index (κ3) is 3.73. The van der Waals surface area contributed by atoms with Gasteiger partial charge in [-0.3, -0.25) is 0 Å². The maximum Gasteiger partial charge on any atom is 0.154 e. The minimum absolute atomic E-state index is 0.0394. The third-order valence-corrected chi connectivity index (χ3v) is 5.76. The van der Waals surface area contributed by atoms with Crippen molar-refractivity contribution in [2.75, 3.05) is 23.0 Å². The van der Waals surface area contributed by atoms with Crippen molar-refractivity contribution in [1.82, 2.24) is 0 Å². The Morgan fingerprint density at radius 3 is 2.55 bits per heavy atom. The predicted octanol–water partition coefficient (Wildman–Crippen LogP) is 1.59. The quantitative estimate of drug-likeness (QED) is 0.916. The van der Waals surface area contributed by atoms with Gasteiger partial charge in [-0.25, -0.2) is 8.42 Å². The van der Waals surface area contributed by atoms with Crippen LogP contribution in [0, 0.1) is 0 Å². The van der Waals surface area contributed by atoms with Crippen LogP contribution < -0.4 is 10.6 Å². The average molecular weight is 296 g/mol. The molecule has 4 nitrogen and oxygen atoms in total. The van der Waals surface area contributed by atoms with Crippen molar-refractivity contribution >= 4 is 15.5 Å². The molecule has 0 aromatic heterocycles. The fourth-order valence-electron chi connectivity index (χ4n) is 2.65. The van der Waals surface area contributed by atoms with E-state index in [1.807, 2.05) is 6.92 Å². The molecule has 1 saturated heterocycles. The second-order valence-corrected chi connectivity index (χ2v) is 7.92. The van der Waals surface area contributed by atoms with Crippen molar-refractivity contribution in [2.45, 2.75) is 38.8 Å². The summed E-state index contributed by atoms with van der Waals surface area (Å²) >= 11 is 0. The maximum atomic E-state index is 11.6. The van der Waals surface area contributed by atoms with Crippen molar-refractivity contribution in [3.05, 3.63) is 29.8 Å². The van der Waals surface area contributed by atoms with Gasteiger partial charge in [-0.15, -0.1) is 0 Å². The molecule has 2 N–H and O–H groups in total. The minimum Gasteiger partial charge on any atom is -0.367 e. The van der Waals surface area contributed by atoms with Gasteiger partial charge in [-0.1, -0.05) is 19.1 Å². The molecule has 1 aromatic carbocycles. The highest BCUT2D eigenvalue weighted by Crippen LogP contribution is 2.22. The van der Waals surface area contributed by atoms with E-state index in [0.717, 1.165) is 18.5 Å². The molecule has 1 heterocycles. The number of benzene rings is 1. The second-order valence-electron chi connectivity index (χ2n) is 5.70. The molecule has 2 rings (SSSR count). The van der Waals surface area contributed by atoms with E-state index in [1.54, 1.807) is 0 Å². The molecular formula is C15H24N2O2S. The number of nitrogens with zero attached hydrogens (tertiary/aromatic N) is 1. The maximum absolute atomic E-state index is 11.6. The Morgan fingerprint density at radius 1 is 1.35 bits per heavy atom. The molecule has 1 aliphatic rings. The zero-order valence-corrected chi connectivity index (χ0v) is 13.1. The Kier molecular flexibility index (Phi) is 4.70. The fourth-order valence-corrected chi connectivity index (χ4v) is 4.21. The topological polar surface area (TPSA) is 63.4 Å². The summed E-state index contributed by atoms with van der Waals surface area (Å²) in [5, 5.41) is 0. The molecule has 0 bridgehead atoms. The smallest absolute Gasteiger partial charge is 0.154 e. The van der Waals surface area contributed by atoms with Crippen LogP contribution in [0.15, 0.2) is 24.3 Å². The lowest BCUT2D eigenvalue weighted by Crippen LogP contribution is -2.47. The van der Waals surface area contributed by atoms with Gasteiger partial charge in [0.2, 0.25) is 0 Å². The molecule has 0 spiro atoms. The Balaban J connectivity index is 2.07. The molecule has 2 atom stereocenters. The summed E-state index contributed by atoms with van der Waals surface area (Å²) in [7, 11) is -2.86. The zero-order chi connectivity index (χ0) is 14.8. The molecule has 112 valence electrons. The summed E-state index contributed by atoms with van der Waals surface area (Å²) in [5.74, 6) is 0.495. The summed E-state index contributed by atoms with van der Waals surface area (Å²) in [6.07, 6.45) is 1.86. The molecule has 2 unspecified atom stereocenters. The van der Waals surface area contributed by atoms with Gasteiger partial charge in [-0.2, -0.15) is 0 Å². The van der Waals surface area contributed by atoms with Crippen LogP contribution in [0.5, 0.6) is 0 Å². The van der Waals surface area contributed by atoms with Gasteiger partial charge in [0.25, 0.3) is 0 Å². The van der Waals surface area contributed by atoms with Crippen LogP contribution in [0.2, 0.25) is 0 Å². The molecule has 20 heavy (non-hydrogen) atoms. The molecule has 0 aliphatic carbocycles. The van der Waals surface area contributed by atoms with Crippen molar-refractivity contribution < 1.29 is 8.42 Å². The van der Waals surface area contributed by atoms with Gasteiger partial charge in [0.1, 0.15) is 0 Å². The molecule has 0 amide bonds. The first-order valence-corrected chi connectivity index (χ1v) is 9.05. The van der Waals surface area contributed by atoms with Crippen molar-refractivity contribution in [1.29, 1.82) is 0 Å². The Bertz CT molecular complexity index is 539. The third-order valence-electron chi connectivity index (χ3n) is 3.96. The van der Waals surface area contributed by atoms with Crippen molar-refractivity contribution in [3.63, 3.8) is 0 Å². The second kappa shape index (κ2) is 6.14. The highest BCUT2D eigenvalue weighted by atomic mass is 32.2. The first kappa shape index (κ1) is 15.3. The summed E-state index contributed by atoms with van der Waals surface area (Å²) in [5.41, 5.74) is 8.30. The molecule has 0 radical (unpaired) electrons. The van der Waals surface area contributed by atoms with Crippen LogP contribution in [-0.4, -0.2) is 38.6 Å². The number of hydrogen-bond donors (Lipinski definition) is 1. The number of rotatable bonds is 4. The van der Waals surface area contributed by atoms with Gasteiger partial charge in [0.05, 0.1) is 11.5 Å². The van der Waals surface area contributed by atoms with E-state index >= 15 is 0 Å². The van der Waals surface area contributed by atoms with Crippen LogP contribution in [0.25, 0.3) is 0 Å². The summed E-state index contributed by atoms with van der Waals surface area (Å²) in [6, 6.07) is 8.59. The van der Waals surface area contributed by atoms with Gasteiger partial charge >= 0.3 is 0 Å². The summed E-state index contributed by atoms with van der Waals surface area (Å²) < 4.78 is 23.2. The predicted molar refractivity (Wildman–Crippen MR) is 83.9 cm³/mol. The van der Waals surface area contributed by atoms with Crippen molar-refractivity contribution in [3.8, 4) is 0 Å². The van der Waals surface area contributed by atoms with E-state index in [-0.39, 0.29) is 23.6 Å². The van der Waals surface area contributed by atoms with E-state index in [2.05, 4.69) is 36.1 Å². The monoisotopic (exact) mass is 296 g/mol. The molecule has 5 heteroatoms. The van der Waals surface area contributed by atoms with E-state index in [9.17, 15) is 8.42 Å². The minimum atomic E-state index is -2.86. The number of anilines is 1. The molecule has 1 fully saturated rings. The van der Waals surface area contributed by atoms with Crippen molar-refractivity contribution in [2.24, 2.45) is 5.73 Å². The molecule has 1 aliphatic heterocycles. The lowest BCUT2D eigenvalue weighted by Gasteiger charge is -2.35. The van der Waals surface area contributed by atoms with Crippen LogP contribution in [0.4, 0.5) is 5.69 Å². The first-order valence-electron chi connectivity index (χ1n) is 7.23. The summed E-state index contributed by atoms with van der Waals surface area (Å²) in [4.78, 5) is 2.17.